The lowest BCUT2D eigenvalue weighted by Crippen LogP contribution is -2.21. The molecule has 0 fully saturated rings. The summed E-state index contributed by atoms with van der Waals surface area (Å²) in [4.78, 5) is 11.0. The van der Waals surface area contributed by atoms with Crippen LogP contribution in [-0.4, -0.2) is 17.1 Å². The van der Waals surface area contributed by atoms with Gasteiger partial charge < -0.3 is 15.6 Å². The first-order valence-corrected chi connectivity index (χ1v) is 4.52. The molecule has 1 heterocycles. The number of esters is 1. The first-order valence-electron chi connectivity index (χ1n) is 4.52. The summed E-state index contributed by atoms with van der Waals surface area (Å²) in [6.07, 6.45) is 1.38. The number of aromatic hydroxyl groups is 1. The zero-order chi connectivity index (χ0) is 9.87. The highest BCUT2D eigenvalue weighted by molar-refractivity contribution is 6.03. The fourth-order valence-corrected chi connectivity index (χ4v) is 2.13. The Hall–Kier alpha value is -1.55. The Bertz CT molecular complexity index is 453. The standard InChI is InChI=1S/C10H9NO3/c11-5-1-4-2-7-9(14-10(7)13)8(12)6(4)3-5/h2,5,12H,1,3,11H2. The molecule has 1 aromatic rings. The van der Waals surface area contributed by atoms with Crippen molar-refractivity contribution in [3.8, 4) is 11.5 Å². The highest BCUT2D eigenvalue weighted by Gasteiger charge is 2.35. The maximum Gasteiger partial charge on any atom is 0.347 e. The molecule has 0 radical (unpaired) electrons. The van der Waals surface area contributed by atoms with Gasteiger partial charge >= 0.3 is 5.97 Å². The van der Waals surface area contributed by atoms with E-state index >= 15 is 0 Å². The van der Waals surface area contributed by atoms with Gasteiger partial charge in [-0.05, 0) is 24.5 Å². The highest BCUT2D eigenvalue weighted by Crippen LogP contribution is 2.44. The van der Waals surface area contributed by atoms with Gasteiger partial charge in [-0.2, -0.15) is 0 Å². The Morgan fingerprint density at radius 1 is 1.50 bits per heavy atom. The third-order valence-corrected chi connectivity index (χ3v) is 2.81. The lowest BCUT2D eigenvalue weighted by atomic mass is 10.0. The molecule has 3 rings (SSSR count). The van der Waals surface area contributed by atoms with Crippen molar-refractivity contribution in [3.05, 3.63) is 22.8 Å². The first-order chi connectivity index (χ1) is 6.66. The Morgan fingerprint density at radius 3 is 3.00 bits per heavy atom. The van der Waals surface area contributed by atoms with E-state index in [4.69, 9.17) is 10.5 Å². The van der Waals surface area contributed by atoms with Crippen LogP contribution in [0.25, 0.3) is 0 Å². The molecule has 1 aliphatic carbocycles. The maximum absolute atomic E-state index is 11.0. The number of phenolic OH excluding ortho intramolecular Hbond substituents is 1. The Kier molecular flexibility index (Phi) is 1.27. The van der Waals surface area contributed by atoms with Gasteiger partial charge in [0.1, 0.15) is 5.56 Å². The minimum atomic E-state index is -0.362. The number of hydrogen-bond acceptors (Lipinski definition) is 4. The van der Waals surface area contributed by atoms with Crippen molar-refractivity contribution in [2.45, 2.75) is 18.9 Å². The fraction of sp³-hybridized carbons (Fsp3) is 0.300. The minimum Gasteiger partial charge on any atom is -0.504 e. The predicted molar refractivity (Wildman–Crippen MR) is 48.4 cm³/mol. The van der Waals surface area contributed by atoms with Crippen molar-refractivity contribution in [1.82, 2.24) is 0 Å². The van der Waals surface area contributed by atoms with Crippen LogP contribution in [0.15, 0.2) is 6.07 Å². The van der Waals surface area contributed by atoms with Crippen LogP contribution in [0.5, 0.6) is 11.5 Å². The van der Waals surface area contributed by atoms with E-state index < -0.39 is 0 Å². The molecule has 1 atom stereocenters. The largest absolute Gasteiger partial charge is 0.504 e. The van der Waals surface area contributed by atoms with E-state index in [0.717, 1.165) is 17.5 Å². The summed E-state index contributed by atoms with van der Waals surface area (Å²) >= 11 is 0. The van der Waals surface area contributed by atoms with Crippen LogP contribution in [-0.2, 0) is 12.8 Å². The first kappa shape index (κ1) is 7.82. The second-order valence-corrected chi connectivity index (χ2v) is 3.80. The molecule has 0 aromatic heterocycles. The molecule has 72 valence electrons. The van der Waals surface area contributed by atoms with Crippen LogP contribution in [0.1, 0.15) is 21.5 Å². The average molecular weight is 191 g/mol. The van der Waals surface area contributed by atoms with E-state index in [1.54, 1.807) is 6.07 Å². The smallest absolute Gasteiger partial charge is 0.347 e. The molecular weight excluding hydrogens is 182 g/mol. The molecule has 4 nitrogen and oxygen atoms in total. The summed E-state index contributed by atoms with van der Waals surface area (Å²) in [7, 11) is 0. The van der Waals surface area contributed by atoms with Crippen molar-refractivity contribution < 1.29 is 14.6 Å². The van der Waals surface area contributed by atoms with Gasteiger partial charge in [-0.3, -0.25) is 0 Å². The molecule has 0 amide bonds. The summed E-state index contributed by atoms with van der Waals surface area (Å²) in [5, 5.41) is 9.75. The van der Waals surface area contributed by atoms with Gasteiger partial charge in [0.2, 0.25) is 0 Å². The van der Waals surface area contributed by atoms with Gasteiger partial charge in [0, 0.05) is 11.6 Å². The number of carbonyl (C=O) groups is 1. The van der Waals surface area contributed by atoms with Crippen LogP contribution >= 0.6 is 0 Å². The number of ether oxygens (including phenoxy) is 1. The summed E-state index contributed by atoms with van der Waals surface area (Å²) in [5.74, 6) is 0.0615. The second kappa shape index (κ2) is 2.27. The quantitative estimate of drug-likeness (QED) is 0.580. The summed E-state index contributed by atoms with van der Waals surface area (Å²) < 4.78 is 4.75. The fourth-order valence-electron chi connectivity index (χ4n) is 2.13. The molecule has 4 heteroatoms. The van der Waals surface area contributed by atoms with Crippen molar-refractivity contribution in [2.24, 2.45) is 5.73 Å². The third kappa shape index (κ3) is 0.786. The number of benzene rings is 1. The van der Waals surface area contributed by atoms with Gasteiger partial charge in [-0.15, -0.1) is 0 Å². The third-order valence-electron chi connectivity index (χ3n) is 2.81. The Balaban J connectivity index is 2.22. The van der Waals surface area contributed by atoms with Gasteiger partial charge in [0.05, 0.1) is 0 Å². The zero-order valence-corrected chi connectivity index (χ0v) is 7.41. The van der Waals surface area contributed by atoms with E-state index in [2.05, 4.69) is 0 Å². The van der Waals surface area contributed by atoms with Crippen molar-refractivity contribution >= 4 is 5.97 Å². The highest BCUT2D eigenvalue weighted by atomic mass is 16.6. The normalized spacial score (nSPS) is 22.4. The molecule has 1 aromatic carbocycles. The summed E-state index contributed by atoms with van der Waals surface area (Å²) in [5.41, 5.74) is 8.07. The Labute approximate surface area is 80.3 Å². The number of phenols is 1. The Morgan fingerprint density at radius 2 is 2.29 bits per heavy atom. The van der Waals surface area contributed by atoms with Crippen molar-refractivity contribution in [2.75, 3.05) is 0 Å². The summed E-state index contributed by atoms with van der Waals surface area (Å²) in [6, 6.07) is 1.83. The van der Waals surface area contributed by atoms with E-state index in [1.807, 2.05) is 0 Å². The van der Waals surface area contributed by atoms with E-state index in [1.165, 1.54) is 0 Å². The monoisotopic (exact) mass is 191 g/mol. The van der Waals surface area contributed by atoms with Crippen LogP contribution < -0.4 is 10.5 Å². The molecule has 1 unspecified atom stereocenters. The topological polar surface area (TPSA) is 72.6 Å². The van der Waals surface area contributed by atoms with E-state index in [-0.39, 0.29) is 17.8 Å². The summed E-state index contributed by atoms with van der Waals surface area (Å²) in [6.45, 7) is 0. The van der Waals surface area contributed by atoms with Crippen LogP contribution in [0.2, 0.25) is 0 Å². The van der Waals surface area contributed by atoms with Gasteiger partial charge in [-0.1, -0.05) is 0 Å². The van der Waals surface area contributed by atoms with E-state index in [0.29, 0.717) is 17.7 Å². The lowest BCUT2D eigenvalue weighted by molar-refractivity contribution is 0.0650. The molecule has 0 bridgehead atoms. The number of fused-ring (bicyclic) bond motifs is 2. The van der Waals surface area contributed by atoms with Crippen molar-refractivity contribution in [1.29, 1.82) is 0 Å². The number of hydrogen-bond donors (Lipinski definition) is 2. The number of carbonyl (C=O) groups excluding carboxylic acids is 1. The molecule has 14 heavy (non-hydrogen) atoms. The van der Waals surface area contributed by atoms with E-state index in [9.17, 15) is 9.90 Å². The van der Waals surface area contributed by atoms with Gasteiger partial charge in [-0.25, -0.2) is 4.79 Å². The second-order valence-electron chi connectivity index (χ2n) is 3.80. The minimum absolute atomic E-state index is 0.0483. The van der Waals surface area contributed by atoms with Crippen LogP contribution in [0, 0.1) is 0 Å². The van der Waals surface area contributed by atoms with Crippen molar-refractivity contribution in [3.63, 3.8) is 0 Å². The number of rotatable bonds is 0. The van der Waals surface area contributed by atoms with Gasteiger partial charge in [0.25, 0.3) is 0 Å². The van der Waals surface area contributed by atoms with Gasteiger partial charge in [0.15, 0.2) is 11.5 Å². The predicted octanol–water partition coefficient (Wildman–Crippen LogP) is 0.351. The molecular formula is C10H9NO3. The molecule has 3 N–H and O–H groups in total. The van der Waals surface area contributed by atoms with Crippen LogP contribution in [0.3, 0.4) is 0 Å². The zero-order valence-electron chi connectivity index (χ0n) is 7.41. The molecule has 0 spiro atoms. The molecule has 0 saturated carbocycles. The SMILES string of the molecule is NC1Cc2cc3c(c(O)c2C1)OC3=O. The molecule has 0 saturated heterocycles. The van der Waals surface area contributed by atoms with Crippen LogP contribution in [0.4, 0.5) is 0 Å². The molecule has 2 aliphatic rings. The number of nitrogens with two attached hydrogens (primary N) is 1. The molecule has 1 aliphatic heterocycles. The maximum atomic E-state index is 11.0. The lowest BCUT2D eigenvalue weighted by Gasteiger charge is -2.20. The average Bonchev–Trinajstić information content (AvgIpc) is 2.50.